The topological polar surface area (TPSA) is 134 Å². The zero-order valence-corrected chi connectivity index (χ0v) is 16.2. The number of carbonyl (C=O) groups is 1. The van der Waals surface area contributed by atoms with Crippen LogP contribution in [0.25, 0.3) is 5.70 Å². The first-order valence-corrected chi connectivity index (χ1v) is 10.3. The summed E-state index contributed by atoms with van der Waals surface area (Å²) < 4.78 is 27.5. The number of nitrogens with zero attached hydrogens (tertiary/aromatic N) is 5. The largest absolute Gasteiger partial charge is 0.368 e. The Hall–Kier alpha value is -3.31. The van der Waals surface area contributed by atoms with Gasteiger partial charge < -0.3 is 16.0 Å². The number of carbonyl (C=O) groups excluding carboxylic acids is 1. The van der Waals surface area contributed by atoms with Gasteiger partial charge in [-0.2, -0.15) is 4.31 Å². The van der Waals surface area contributed by atoms with E-state index >= 15 is 0 Å². The summed E-state index contributed by atoms with van der Waals surface area (Å²) in [5, 5.41) is 2.63. The molecular formula is C18H19N7O3S. The zero-order valence-electron chi connectivity index (χ0n) is 15.4. The molecule has 3 N–H and O–H groups in total. The molecule has 1 aromatic heterocycles. The highest BCUT2D eigenvalue weighted by Gasteiger charge is 2.32. The molecule has 0 aliphatic carbocycles. The van der Waals surface area contributed by atoms with E-state index in [2.05, 4.69) is 20.3 Å². The molecule has 0 spiro atoms. The van der Waals surface area contributed by atoms with Gasteiger partial charge in [-0.05, 0) is 18.2 Å². The lowest BCUT2D eigenvalue weighted by Crippen LogP contribution is -2.50. The summed E-state index contributed by atoms with van der Waals surface area (Å²) in [6.45, 7) is 0.751. The fraction of sp³-hybridized carbons (Fsp3) is 0.222. The van der Waals surface area contributed by atoms with Gasteiger partial charge in [0.25, 0.3) is 0 Å². The number of hydrogen-bond acceptors (Lipinski definition) is 8. The van der Waals surface area contributed by atoms with Crippen LogP contribution < -0.4 is 16.0 Å². The summed E-state index contributed by atoms with van der Waals surface area (Å²) in [5.41, 5.74) is 7.39. The van der Waals surface area contributed by atoms with Crippen LogP contribution in [0.2, 0.25) is 0 Å². The van der Waals surface area contributed by atoms with Crippen molar-refractivity contribution in [1.82, 2.24) is 19.6 Å². The highest BCUT2D eigenvalue weighted by atomic mass is 32.2. The van der Waals surface area contributed by atoms with Crippen molar-refractivity contribution in [2.75, 3.05) is 36.8 Å². The standard InChI is InChI=1S/C18H19N7O3S/c19-18-21-9-13(10-22-18)14-5-7-24(12-23-14)15-3-1-2-4-16(15)29(27,28)25-8-6-20-17(26)11-25/h1-5,9-10,12H,6-8,11H2,(H,20,26)(H2,19,21,22). The Kier molecular flexibility index (Phi) is 4.99. The monoisotopic (exact) mass is 413 g/mol. The average molecular weight is 413 g/mol. The van der Waals surface area contributed by atoms with E-state index in [0.29, 0.717) is 24.5 Å². The molecule has 11 heteroatoms. The van der Waals surface area contributed by atoms with Crippen LogP contribution in [-0.2, 0) is 14.8 Å². The molecule has 0 saturated carbocycles. The normalized spacial score (nSPS) is 17.7. The van der Waals surface area contributed by atoms with Crippen LogP contribution in [0.1, 0.15) is 5.56 Å². The fourth-order valence-electron chi connectivity index (χ4n) is 3.11. The molecule has 1 amide bonds. The van der Waals surface area contributed by atoms with E-state index in [4.69, 9.17) is 5.73 Å². The van der Waals surface area contributed by atoms with Crippen molar-refractivity contribution in [2.24, 2.45) is 4.99 Å². The van der Waals surface area contributed by atoms with Gasteiger partial charge in [0, 0.05) is 37.6 Å². The molecule has 0 bridgehead atoms. The Labute approximate surface area is 167 Å². The molecule has 0 atom stereocenters. The third kappa shape index (κ3) is 3.82. The number of rotatable bonds is 4. The third-order valence-corrected chi connectivity index (χ3v) is 6.47. The Bertz CT molecular complexity index is 1100. The van der Waals surface area contributed by atoms with Crippen molar-refractivity contribution in [2.45, 2.75) is 4.90 Å². The van der Waals surface area contributed by atoms with Crippen molar-refractivity contribution in [1.29, 1.82) is 0 Å². The molecule has 1 fully saturated rings. The van der Waals surface area contributed by atoms with Crippen LogP contribution in [-0.4, -0.2) is 61.1 Å². The van der Waals surface area contributed by atoms with Crippen molar-refractivity contribution in [3.8, 4) is 0 Å². The van der Waals surface area contributed by atoms with Crippen molar-refractivity contribution >= 4 is 39.6 Å². The number of aliphatic imine (C=N–C) groups is 1. The molecule has 0 unspecified atom stereocenters. The van der Waals surface area contributed by atoms with Crippen LogP contribution in [0.15, 0.2) is 52.6 Å². The molecule has 0 radical (unpaired) electrons. The third-order valence-electron chi connectivity index (χ3n) is 4.58. The van der Waals surface area contributed by atoms with Crippen LogP contribution >= 0.6 is 0 Å². The Balaban J connectivity index is 1.60. The second-order valence-electron chi connectivity index (χ2n) is 6.47. The van der Waals surface area contributed by atoms with Crippen molar-refractivity contribution in [3.63, 3.8) is 0 Å². The molecule has 2 aliphatic rings. The summed E-state index contributed by atoms with van der Waals surface area (Å²) in [5.74, 6) is -0.128. The van der Waals surface area contributed by atoms with Gasteiger partial charge in [0.2, 0.25) is 21.9 Å². The number of nitrogen functional groups attached to an aromatic ring is 1. The zero-order chi connectivity index (χ0) is 20.4. The first kappa shape index (κ1) is 19.0. The van der Waals surface area contributed by atoms with Gasteiger partial charge in [0.05, 0.1) is 24.3 Å². The van der Waals surface area contributed by atoms with Crippen LogP contribution in [0.3, 0.4) is 0 Å². The van der Waals surface area contributed by atoms with E-state index in [9.17, 15) is 13.2 Å². The highest BCUT2D eigenvalue weighted by molar-refractivity contribution is 7.89. The minimum Gasteiger partial charge on any atom is -0.368 e. The van der Waals surface area contributed by atoms with Gasteiger partial charge in [-0.1, -0.05) is 12.1 Å². The smallest absolute Gasteiger partial charge is 0.245 e. The molecule has 1 saturated heterocycles. The maximum atomic E-state index is 13.1. The van der Waals surface area contributed by atoms with Gasteiger partial charge in [-0.25, -0.2) is 23.4 Å². The van der Waals surface area contributed by atoms with Gasteiger partial charge in [0.1, 0.15) is 4.90 Å². The summed E-state index contributed by atoms with van der Waals surface area (Å²) >= 11 is 0. The minimum atomic E-state index is -3.83. The van der Waals surface area contributed by atoms with Gasteiger partial charge in [0.15, 0.2) is 0 Å². The van der Waals surface area contributed by atoms with E-state index in [0.717, 1.165) is 5.56 Å². The first-order chi connectivity index (χ1) is 13.9. The summed E-state index contributed by atoms with van der Waals surface area (Å²) in [6, 6.07) is 6.68. The quantitative estimate of drug-likeness (QED) is 0.724. The summed E-state index contributed by atoms with van der Waals surface area (Å²) in [4.78, 5) is 25.8. The first-order valence-electron chi connectivity index (χ1n) is 8.90. The predicted molar refractivity (Wildman–Crippen MR) is 108 cm³/mol. The number of aromatic nitrogens is 2. The van der Waals surface area contributed by atoms with E-state index in [-0.39, 0.29) is 29.8 Å². The second-order valence-corrected chi connectivity index (χ2v) is 8.38. The van der Waals surface area contributed by atoms with E-state index in [1.54, 1.807) is 41.8 Å². The Morgan fingerprint density at radius 3 is 2.59 bits per heavy atom. The number of nitrogens with two attached hydrogens (primary N) is 1. The van der Waals surface area contributed by atoms with Crippen LogP contribution in [0.5, 0.6) is 0 Å². The average Bonchev–Trinajstić information content (AvgIpc) is 2.74. The molecule has 2 aromatic rings. The summed E-state index contributed by atoms with van der Waals surface area (Å²) in [6.07, 6.45) is 6.59. The lowest BCUT2D eigenvalue weighted by molar-refractivity contribution is -0.122. The van der Waals surface area contributed by atoms with Crippen molar-refractivity contribution in [3.05, 3.63) is 48.3 Å². The van der Waals surface area contributed by atoms with Gasteiger partial charge >= 0.3 is 0 Å². The number of piperazine rings is 1. The molecule has 1 aromatic carbocycles. The number of para-hydroxylation sites is 1. The Morgan fingerprint density at radius 1 is 1.14 bits per heavy atom. The Morgan fingerprint density at radius 2 is 1.90 bits per heavy atom. The maximum absolute atomic E-state index is 13.1. The minimum absolute atomic E-state index is 0.133. The van der Waals surface area contributed by atoms with E-state index < -0.39 is 10.0 Å². The SMILES string of the molecule is Nc1ncc(C2=CCN(c3ccccc3S(=O)(=O)N3CCNC(=O)C3)C=N2)cn1. The van der Waals surface area contributed by atoms with E-state index in [1.807, 2.05) is 6.08 Å². The predicted octanol–water partition coefficient (Wildman–Crippen LogP) is 0.0687. The molecule has 2 aliphatic heterocycles. The lowest BCUT2D eigenvalue weighted by atomic mass is 10.2. The number of sulfonamides is 1. The summed E-state index contributed by atoms with van der Waals surface area (Å²) in [7, 11) is -3.83. The lowest BCUT2D eigenvalue weighted by Gasteiger charge is -2.29. The van der Waals surface area contributed by atoms with Crippen molar-refractivity contribution < 1.29 is 13.2 Å². The number of hydrogen-bond donors (Lipinski definition) is 2. The van der Waals surface area contributed by atoms with Gasteiger partial charge in [-0.15, -0.1) is 0 Å². The second kappa shape index (κ2) is 7.60. The molecule has 3 heterocycles. The number of amides is 1. The molecule has 150 valence electrons. The molecule has 10 nitrogen and oxygen atoms in total. The molecular weight excluding hydrogens is 394 g/mol. The van der Waals surface area contributed by atoms with Crippen LogP contribution in [0.4, 0.5) is 11.6 Å². The maximum Gasteiger partial charge on any atom is 0.245 e. The fourth-order valence-corrected chi connectivity index (χ4v) is 4.71. The number of anilines is 2. The van der Waals surface area contributed by atoms with Crippen LogP contribution in [0, 0.1) is 0 Å². The number of benzene rings is 1. The highest BCUT2D eigenvalue weighted by Crippen LogP contribution is 2.29. The molecule has 4 rings (SSSR count). The van der Waals surface area contributed by atoms with Gasteiger partial charge in [-0.3, -0.25) is 4.79 Å². The molecule has 29 heavy (non-hydrogen) atoms. The van der Waals surface area contributed by atoms with E-state index in [1.165, 1.54) is 10.4 Å². The number of nitrogens with one attached hydrogen (secondary N) is 1.